The van der Waals surface area contributed by atoms with Gasteiger partial charge in [0.15, 0.2) is 5.82 Å². The van der Waals surface area contributed by atoms with E-state index in [1.54, 1.807) is 35.2 Å². The first-order chi connectivity index (χ1) is 23.7. The van der Waals surface area contributed by atoms with Crippen molar-refractivity contribution in [3.8, 4) is 17.3 Å². The number of hydrogen-bond acceptors (Lipinski definition) is 8. The molecule has 9 nitrogen and oxygen atoms in total. The van der Waals surface area contributed by atoms with E-state index >= 15 is 4.39 Å². The number of anilines is 1. The molecular weight excluding hydrogens is 655 g/mol. The summed E-state index contributed by atoms with van der Waals surface area (Å²) in [6.45, 7) is 4.08. The summed E-state index contributed by atoms with van der Waals surface area (Å²) in [6.07, 6.45) is 7.32. The minimum Gasteiger partial charge on any atom is -0.461 e. The molecule has 3 atom stereocenters. The van der Waals surface area contributed by atoms with E-state index in [2.05, 4.69) is 20.2 Å². The number of carbonyl (C=O) groups excluding carboxylic acids is 1. The largest absolute Gasteiger partial charge is 0.461 e. The Hall–Kier alpha value is -4.00. The fraction of sp³-hybridized carbons (Fsp3) is 0.444. The number of benzene rings is 2. The van der Waals surface area contributed by atoms with E-state index in [4.69, 9.17) is 21.3 Å². The first-order valence-corrected chi connectivity index (χ1v) is 17.2. The number of aromatic nitrogens is 3. The van der Waals surface area contributed by atoms with Gasteiger partial charge in [0.25, 0.3) is 0 Å². The van der Waals surface area contributed by atoms with E-state index in [1.165, 1.54) is 12.3 Å². The Balaban J connectivity index is 1.12. The van der Waals surface area contributed by atoms with Gasteiger partial charge >= 0.3 is 6.01 Å². The number of likely N-dealkylation sites (tertiary alicyclic amines) is 1. The zero-order valence-electron chi connectivity index (χ0n) is 27.1. The molecule has 0 spiro atoms. The second-order valence-electron chi connectivity index (χ2n) is 13.8. The lowest BCUT2D eigenvalue weighted by Crippen LogP contribution is -2.53. The molecule has 1 amide bonds. The average Bonchev–Trinajstić information content (AvgIpc) is 3.58. The van der Waals surface area contributed by atoms with Gasteiger partial charge in [-0.25, -0.2) is 13.2 Å². The van der Waals surface area contributed by atoms with Gasteiger partial charge in [-0.2, -0.15) is 9.97 Å². The van der Waals surface area contributed by atoms with Crippen LogP contribution in [0.4, 0.5) is 19.0 Å². The molecule has 2 aromatic carbocycles. The molecule has 0 aliphatic carbocycles. The maximum absolute atomic E-state index is 16.7. The van der Waals surface area contributed by atoms with Crippen LogP contribution < -0.4 is 15.0 Å². The zero-order chi connectivity index (χ0) is 33.9. The third-order valence-corrected chi connectivity index (χ3v) is 10.9. The minimum absolute atomic E-state index is 0.00268. The van der Waals surface area contributed by atoms with Crippen LogP contribution in [0.15, 0.2) is 48.7 Å². The second-order valence-corrected chi connectivity index (χ2v) is 14.2. The Morgan fingerprint density at radius 3 is 2.84 bits per heavy atom. The standard InChI is InChI=1S/C36H37ClF3N7O2/c1-45(16-21-17-46(18-21)28(48)9-7-24-10-12-41-24)34-26-15-42-32(25-5-2-4-22-6-8-27(39)30(37)29(22)25)31(40)33(26)43-35(44-34)49-20-36-11-3-13-47(36)19-23(38)14-36/h2,4-9,15,21,23-24,41H,3,10-14,16-20H2,1H3/b9-7+/t23-,24-,36+/m1/s1. The van der Waals surface area contributed by atoms with Gasteiger partial charge < -0.3 is 19.9 Å². The van der Waals surface area contributed by atoms with Crippen molar-refractivity contribution in [1.29, 1.82) is 0 Å². The fourth-order valence-corrected chi connectivity index (χ4v) is 8.11. The number of rotatable bonds is 9. The summed E-state index contributed by atoms with van der Waals surface area (Å²) in [7, 11) is 1.86. The third kappa shape index (κ3) is 5.87. The first-order valence-electron chi connectivity index (χ1n) is 16.9. The Morgan fingerprint density at radius 2 is 2.04 bits per heavy atom. The van der Waals surface area contributed by atoms with Gasteiger partial charge in [0, 0.05) is 74.8 Å². The second kappa shape index (κ2) is 12.7. The number of fused-ring (bicyclic) bond motifs is 3. The Kier molecular flexibility index (Phi) is 8.36. The van der Waals surface area contributed by atoms with E-state index in [1.807, 2.05) is 18.0 Å². The van der Waals surface area contributed by atoms with Crippen LogP contribution in [0.25, 0.3) is 32.9 Å². The van der Waals surface area contributed by atoms with Crippen LogP contribution in [0.2, 0.25) is 5.02 Å². The summed E-state index contributed by atoms with van der Waals surface area (Å²) in [6, 6.07) is 8.29. The smallest absolute Gasteiger partial charge is 0.319 e. The monoisotopic (exact) mass is 691 g/mol. The molecule has 4 fully saturated rings. The molecule has 0 saturated carbocycles. The molecule has 6 heterocycles. The summed E-state index contributed by atoms with van der Waals surface area (Å²) in [5, 5.41) is 4.51. The first kappa shape index (κ1) is 32.2. The molecule has 8 rings (SSSR count). The lowest BCUT2D eigenvalue weighted by Gasteiger charge is -2.41. The number of alkyl halides is 1. The number of amides is 1. The lowest BCUT2D eigenvalue weighted by molar-refractivity contribution is -0.131. The molecule has 4 aliphatic rings. The Labute approximate surface area is 287 Å². The van der Waals surface area contributed by atoms with Crippen molar-refractivity contribution in [1.82, 2.24) is 30.1 Å². The van der Waals surface area contributed by atoms with E-state index in [9.17, 15) is 13.6 Å². The van der Waals surface area contributed by atoms with E-state index < -0.39 is 23.3 Å². The van der Waals surface area contributed by atoms with Gasteiger partial charge in [0.05, 0.1) is 15.9 Å². The van der Waals surface area contributed by atoms with Crippen LogP contribution in [-0.4, -0.2) is 101 Å². The number of ether oxygens (including phenoxy) is 1. The lowest BCUT2D eigenvalue weighted by atomic mass is 9.95. The van der Waals surface area contributed by atoms with E-state index in [0.29, 0.717) is 60.1 Å². The molecule has 4 aliphatic heterocycles. The van der Waals surface area contributed by atoms with Gasteiger partial charge in [0.2, 0.25) is 5.91 Å². The van der Waals surface area contributed by atoms with Crippen molar-refractivity contribution in [2.24, 2.45) is 5.92 Å². The molecule has 0 bridgehead atoms. The van der Waals surface area contributed by atoms with Gasteiger partial charge in [-0.1, -0.05) is 41.9 Å². The van der Waals surface area contributed by atoms with Crippen molar-refractivity contribution in [3.63, 3.8) is 0 Å². The van der Waals surface area contributed by atoms with Gasteiger partial charge in [-0.15, -0.1) is 0 Å². The van der Waals surface area contributed by atoms with Crippen LogP contribution in [-0.2, 0) is 4.79 Å². The highest BCUT2D eigenvalue weighted by atomic mass is 35.5. The number of carbonyl (C=O) groups is 1. The zero-order valence-corrected chi connectivity index (χ0v) is 27.9. The van der Waals surface area contributed by atoms with Crippen LogP contribution in [0.1, 0.15) is 25.7 Å². The molecule has 4 saturated heterocycles. The molecule has 4 aromatic rings. The van der Waals surface area contributed by atoms with Crippen LogP contribution in [0.5, 0.6) is 6.01 Å². The normalized spacial score (nSPS) is 24.1. The van der Waals surface area contributed by atoms with Crippen molar-refractivity contribution >= 4 is 45.0 Å². The maximum Gasteiger partial charge on any atom is 0.319 e. The summed E-state index contributed by atoms with van der Waals surface area (Å²) >= 11 is 6.40. The SMILES string of the molecule is CN(CC1CN(C(=O)/C=C/[C@@H]2CCN2)C1)c1nc(OC[C@@]23CCCN2C[C@H](F)C3)nc2c(F)c(-c3cccc4ccc(F)c(Cl)c34)ncc12. The Morgan fingerprint density at radius 1 is 1.20 bits per heavy atom. The highest BCUT2D eigenvalue weighted by molar-refractivity contribution is 6.36. The number of hydrogen-bond donors (Lipinski definition) is 1. The number of nitrogens with one attached hydrogen (secondary N) is 1. The predicted octanol–water partition coefficient (Wildman–Crippen LogP) is 5.54. The van der Waals surface area contributed by atoms with Crippen molar-refractivity contribution in [3.05, 3.63) is 65.3 Å². The van der Waals surface area contributed by atoms with E-state index in [-0.39, 0.29) is 46.7 Å². The molecule has 0 radical (unpaired) electrons. The minimum atomic E-state index is -0.925. The average molecular weight is 692 g/mol. The van der Waals surface area contributed by atoms with E-state index in [0.717, 1.165) is 32.4 Å². The van der Waals surface area contributed by atoms with Gasteiger partial charge in [-0.05, 0) is 43.8 Å². The summed E-state index contributed by atoms with van der Waals surface area (Å²) in [5.74, 6) is -0.739. The summed E-state index contributed by atoms with van der Waals surface area (Å²) < 4.78 is 52.0. The van der Waals surface area contributed by atoms with Gasteiger partial charge in [-0.3, -0.25) is 14.7 Å². The van der Waals surface area contributed by atoms with Crippen molar-refractivity contribution in [2.45, 2.75) is 43.4 Å². The molecular formula is C36H37ClF3N7O2. The number of halogens is 4. The quantitative estimate of drug-likeness (QED) is 0.229. The summed E-state index contributed by atoms with van der Waals surface area (Å²) in [5.41, 5.74) is -0.143. The molecule has 2 aromatic heterocycles. The predicted molar refractivity (Wildman–Crippen MR) is 183 cm³/mol. The topological polar surface area (TPSA) is 86.7 Å². The van der Waals surface area contributed by atoms with Gasteiger partial charge in [0.1, 0.15) is 35.6 Å². The molecule has 1 N–H and O–H groups in total. The fourth-order valence-electron chi connectivity index (χ4n) is 7.84. The molecule has 13 heteroatoms. The highest BCUT2D eigenvalue weighted by Gasteiger charge is 2.49. The van der Waals surface area contributed by atoms with Crippen molar-refractivity contribution < 1.29 is 22.7 Å². The highest BCUT2D eigenvalue weighted by Crippen LogP contribution is 2.41. The van der Waals surface area contributed by atoms with Crippen LogP contribution >= 0.6 is 11.6 Å². The molecule has 256 valence electrons. The number of nitrogens with zero attached hydrogens (tertiary/aromatic N) is 6. The number of pyridine rings is 1. The summed E-state index contributed by atoms with van der Waals surface area (Å²) in [4.78, 5) is 32.3. The van der Waals surface area contributed by atoms with Crippen LogP contribution in [0.3, 0.4) is 0 Å². The maximum atomic E-state index is 16.7. The molecule has 49 heavy (non-hydrogen) atoms. The molecule has 0 unspecified atom stereocenters. The third-order valence-electron chi connectivity index (χ3n) is 10.6. The van der Waals surface area contributed by atoms with Crippen LogP contribution in [0, 0.1) is 17.6 Å². The Bertz CT molecular complexity index is 1970. The van der Waals surface area contributed by atoms with Crippen molar-refractivity contribution in [2.75, 3.05) is 57.8 Å².